The third kappa shape index (κ3) is 4.07. The molecular formula is C19H24FN. The summed E-state index contributed by atoms with van der Waals surface area (Å²) in [6.45, 7) is 6.46. The molecule has 0 aliphatic heterocycles. The standard InChI is InChI=1S/C19H24FN/c1-4-5-8-19(16-10-12-17(20)13-11-16)21-18-9-6-7-14(2)15(18)3/h6-7,9-13,19,21H,4-5,8H2,1-3H3. The fourth-order valence-electron chi connectivity index (χ4n) is 2.52. The van der Waals surface area contributed by atoms with Crippen molar-refractivity contribution in [3.63, 3.8) is 0 Å². The fourth-order valence-corrected chi connectivity index (χ4v) is 2.52. The van der Waals surface area contributed by atoms with Crippen molar-refractivity contribution >= 4 is 5.69 Å². The van der Waals surface area contributed by atoms with Crippen LogP contribution in [0.1, 0.15) is 48.9 Å². The van der Waals surface area contributed by atoms with Gasteiger partial charge in [-0.15, -0.1) is 0 Å². The Morgan fingerprint density at radius 2 is 1.76 bits per heavy atom. The second-order valence-electron chi connectivity index (χ2n) is 5.64. The van der Waals surface area contributed by atoms with E-state index in [1.807, 2.05) is 12.1 Å². The molecule has 112 valence electrons. The number of halogens is 1. The van der Waals surface area contributed by atoms with Gasteiger partial charge in [-0.1, -0.05) is 44.0 Å². The zero-order valence-corrected chi connectivity index (χ0v) is 13.1. The van der Waals surface area contributed by atoms with Crippen molar-refractivity contribution in [2.24, 2.45) is 0 Å². The molecule has 0 radical (unpaired) electrons. The summed E-state index contributed by atoms with van der Waals surface area (Å²) in [7, 11) is 0. The molecule has 0 fully saturated rings. The summed E-state index contributed by atoms with van der Waals surface area (Å²) < 4.78 is 13.1. The Hall–Kier alpha value is -1.83. The first-order valence-corrected chi connectivity index (χ1v) is 7.70. The number of benzene rings is 2. The Bertz CT molecular complexity index is 575. The van der Waals surface area contributed by atoms with Crippen molar-refractivity contribution in [3.05, 3.63) is 65.0 Å². The van der Waals surface area contributed by atoms with E-state index in [4.69, 9.17) is 0 Å². The molecular weight excluding hydrogens is 261 g/mol. The third-order valence-electron chi connectivity index (χ3n) is 4.05. The molecule has 2 rings (SSSR count). The summed E-state index contributed by atoms with van der Waals surface area (Å²) in [4.78, 5) is 0. The quantitative estimate of drug-likeness (QED) is 0.708. The number of rotatable bonds is 6. The Kier molecular flexibility index (Phi) is 5.38. The number of anilines is 1. The monoisotopic (exact) mass is 285 g/mol. The minimum absolute atomic E-state index is 0.181. The highest BCUT2D eigenvalue weighted by Crippen LogP contribution is 2.27. The summed E-state index contributed by atoms with van der Waals surface area (Å²) in [5.74, 6) is -0.181. The van der Waals surface area contributed by atoms with Gasteiger partial charge >= 0.3 is 0 Å². The predicted octanol–water partition coefficient (Wildman–Crippen LogP) is 5.79. The number of aryl methyl sites for hydroxylation is 1. The van der Waals surface area contributed by atoms with Crippen LogP contribution in [0.2, 0.25) is 0 Å². The van der Waals surface area contributed by atoms with Crippen molar-refractivity contribution in [2.45, 2.75) is 46.1 Å². The Labute approximate surface area is 127 Å². The number of hydrogen-bond acceptors (Lipinski definition) is 1. The van der Waals surface area contributed by atoms with Gasteiger partial charge in [-0.05, 0) is 55.2 Å². The minimum Gasteiger partial charge on any atom is -0.378 e. The lowest BCUT2D eigenvalue weighted by atomic mass is 9.99. The molecule has 0 aliphatic carbocycles. The van der Waals surface area contributed by atoms with Crippen LogP contribution in [0.4, 0.5) is 10.1 Å². The van der Waals surface area contributed by atoms with Crippen LogP contribution < -0.4 is 5.32 Å². The topological polar surface area (TPSA) is 12.0 Å². The van der Waals surface area contributed by atoms with Crippen LogP contribution in [-0.2, 0) is 0 Å². The molecule has 1 atom stereocenters. The van der Waals surface area contributed by atoms with Crippen LogP contribution in [0.15, 0.2) is 42.5 Å². The van der Waals surface area contributed by atoms with Crippen LogP contribution in [-0.4, -0.2) is 0 Å². The summed E-state index contributed by atoms with van der Waals surface area (Å²) in [6.07, 6.45) is 3.36. The summed E-state index contributed by atoms with van der Waals surface area (Å²) in [5.41, 5.74) is 4.88. The molecule has 1 unspecified atom stereocenters. The van der Waals surface area contributed by atoms with Gasteiger partial charge < -0.3 is 5.32 Å². The summed E-state index contributed by atoms with van der Waals surface area (Å²) in [5, 5.41) is 3.64. The predicted molar refractivity (Wildman–Crippen MR) is 88.2 cm³/mol. The molecule has 0 bridgehead atoms. The van der Waals surface area contributed by atoms with E-state index in [0.717, 1.165) is 24.8 Å². The Balaban J connectivity index is 2.23. The van der Waals surface area contributed by atoms with Gasteiger partial charge in [0.1, 0.15) is 5.82 Å². The van der Waals surface area contributed by atoms with Crippen molar-refractivity contribution < 1.29 is 4.39 Å². The molecule has 0 amide bonds. The molecule has 0 heterocycles. The largest absolute Gasteiger partial charge is 0.378 e. The molecule has 2 aromatic rings. The highest BCUT2D eigenvalue weighted by molar-refractivity contribution is 5.55. The lowest BCUT2D eigenvalue weighted by Crippen LogP contribution is -2.12. The zero-order chi connectivity index (χ0) is 15.2. The average molecular weight is 285 g/mol. The van der Waals surface area contributed by atoms with Crippen LogP contribution in [0.25, 0.3) is 0 Å². The lowest BCUT2D eigenvalue weighted by Gasteiger charge is -2.22. The van der Waals surface area contributed by atoms with Crippen LogP contribution in [0.5, 0.6) is 0 Å². The van der Waals surface area contributed by atoms with E-state index in [0.29, 0.717) is 0 Å². The van der Waals surface area contributed by atoms with Crippen molar-refractivity contribution in [1.82, 2.24) is 0 Å². The second kappa shape index (κ2) is 7.26. The maximum absolute atomic E-state index is 13.1. The van der Waals surface area contributed by atoms with E-state index >= 15 is 0 Å². The van der Waals surface area contributed by atoms with Crippen LogP contribution >= 0.6 is 0 Å². The number of hydrogen-bond donors (Lipinski definition) is 1. The molecule has 2 aromatic carbocycles. The molecule has 0 aromatic heterocycles. The van der Waals surface area contributed by atoms with Gasteiger partial charge in [0, 0.05) is 5.69 Å². The molecule has 0 saturated carbocycles. The SMILES string of the molecule is CCCCC(Nc1cccc(C)c1C)c1ccc(F)cc1. The first-order chi connectivity index (χ1) is 10.1. The number of nitrogens with one attached hydrogen (secondary N) is 1. The van der Waals surface area contributed by atoms with E-state index in [-0.39, 0.29) is 11.9 Å². The highest BCUT2D eigenvalue weighted by atomic mass is 19.1. The third-order valence-corrected chi connectivity index (χ3v) is 4.05. The van der Waals surface area contributed by atoms with Gasteiger partial charge in [-0.3, -0.25) is 0 Å². The molecule has 0 spiro atoms. The summed E-state index contributed by atoms with van der Waals surface area (Å²) in [6, 6.07) is 13.4. The maximum atomic E-state index is 13.1. The Morgan fingerprint density at radius 3 is 2.43 bits per heavy atom. The Morgan fingerprint density at radius 1 is 1.05 bits per heavy atom. The summed E-state index contributed by atoms with van der Waals surface area (Å²) >= 11 is 0. The van der Waals surface area contributed by atoms with E-state index in [1.54, 1.807) is 12.1 Å². The van der Waals surface area contributed by atoms with Crippen molar-refractivity contribution in [1.29, 1.82) is 0 Å². The number of unbranched alkanes of at least 4 members (excludes halogenated alkanes) is 1. The van der Waals surface area contributed by atoms with Gasteiger partial charge in [0.05, 0.1) is 6.04 Å². The molecule has 1 N–H and O–H groups in total. The zero-order valence-electron chi connectivity index (χ0n) is 13.1. The van der Waals surface area contributed by atoms with Gasteiger partial charge in [0.15, 0.2) is 0 Å². The normalized spacial score (nSPS) is 12.2. The highest BCUT2D eigenvalue weighted by Gasteiger charge is 2.12. The molecule has 21 heavy (non-hydrogen) atoms. The van der Waals surface area contributed by atoms with Crippen molar-refractivity contribution in [3.8, 4) is 0 Å². The van der Waals surface area contributed by atoms with Gasteiger partial charge in [-0.2, -0.15) is 0 Å². The van der Waals surface area contributed by atoms with Crippen molar-refractivity contribution in [2.75, 3.05) is 5.32 Å². The van der Waals surface area contributed by atoms with E-state index in [1.165, 1.54) is 16.8 Å². The molecule has 1 nitrogen and oxygen atoms in total. The minimum atomic E-state index is -0.181. The van der Waals surface area contributed by atoms with Crippen LogP contribution in [0, 0.1) is 19.7 Å². The first kappa shape index (κ1) is 15.6. The average Bonchev–Trinajstić information content (AvgIpc) is 2.49. The fraction of sp³-hybridized carbons (Fsp3) is 0.368. The van der Waals surface area contributed by atoms with E-state index in [2.05, 4.69) is 44.3 Å². The lowest BCUT2D eigenvalue weighted by molar-refractivity contribution is 0.616. The molecule has 2 heteroatoms. The van der Waals surface area contributed by atoms with Gasteiger partial charge in [-0.25, -0.2) is 4.39 Å². The van der Waals surface area contributed by atoms with Gasteiger partial charge in [0.25, 0.3) is 0 Å². The van der Waals surface area contributed by atoms with E-state index in [9.17, 15) is 4.39 Å². The molecule has 0 saturated heterocycles. The smallest absolute Gasteiger partial charge is 0.123 e. The first-order valence-electron chi connectivity index (χ1n) is 7.70. The molecule has 0 aliphatic rings. The maximum Gasteiger partial charge on any atom is 0.123 e. The van der Waals surface area contributed by atoms with E-state index < -0.39 is 0 Å². The van der Waals surface area contributed by atoms with Gasteiger partial charge in [0.2, 0.25) is 0 Å². The van der Waals surface area contributed by atoms with Crippen LogP contribution in [0.3, 0.4) is 0 Å². The second-order valence-corrected chi connectivity index (χ2v) is 5.64.